The van der Waals surface area contributed by atoms with Crippen LogP contribution in [-0.4, -0.2) is 33.2 Å². The highest BCUT2D eigenvalue weighted by Gasteiger charge is 2.33. The highest BCUT2D eigenvalue weighted by molar-refractivity contribution is 7.92. The number of hydrogen-bond acceptors (Lipinski definition) is 3. The number of benzene rings is 2. The molecule has 0 aromatic heterocycles. The summed E-state index contributed by atoms with van der Waals surface area (Å²) in [6, 6.07) is 12.0. The highest BCUT2D eigenvalue weighted by Crippen LogP contribution is 2.32. The molecule has 9 heteroatoms. The molecule has 2 aromatic rings. The predicted molar refractivity (Wildman–Crippen MR) is 101 cm³/mol. The minimum Gasteiger partial charge on any atom is -0.354 e. The Morgan fingerprint density at radius 1 is 1.11 bits per heavy atom. The Morgan fingerprint density at radius 3 is 2.32 bits per heavy atom. The fraction of sp³-hybridized carbons (Fsp3) is 0.316. The Hall–Kier alpha value is -2.55. The van der Waals surface area contributed by atoms with Gasteiger partial charge in [0.2, 0.25) is 15.9 Å². The van der Waals surface area contributed by atoms with Gasteiger partial charge in [0, 0.05) is 6.54 Å². The summed E-state index contributed by atoms with van der Waals surface area (Å²) in [6.45, 7) is 1.60. The third-order valence-electron chi connectivity index (χ3n) is 4.07. The van der Waals surface area contributed by atoms with Crippen molar-refractivity contribution in [1.82, 2.24) is 5.32 Å². The molecule has 0 aliphatic rings. The lowest BCUT2D eigenvalue weighted by Crippen LogP contribution is -2.48. The van der Waals surface area contributed by atoms with Crippen LogP contribution >= 0.6 is 0 Å². The van der Waals surface area contributed by atoms with Crippen LogP contribution in [0.4, 0.5) is 18.9 Å². The molecule has 1 N–H and O–H groups in total. The zero-order chi connectivity index (χ0) is 20.9. The van der Waals surface area contributed by atoms with E-state index in [1.807, 2.05) is 30.3 Å². The second-order valence-electron chi connectivity index (χ2n) is 6.31. The third-order valence-corrected chi connectivity index (χ3v) is 5.31. The lowest BCUT2D eigenvalue weighted by molar-refractivity contribution is -0.137. The fourth-order valence-electron chi connectivity index (χ4n) is 2.75. The van der Waals surface area contributed by atoms with E-state index in [4.69, 9.17) is 0 Å². The van der Waals surface area contributed by atoms with Crippen LogP contribution in [0.15, 0.2) is 54.6 Å². The average molecular weight is 414 g/mol. The van der Waals surface area contributed by atoms with Crippen molar-refractivity contribution in [2.24, 2.45) is 0 Å². The van der Waals surface area contributed by atoms with Crippen LogP contribution < -0.4 is 9.62 Å². The first-order valence-electron chi connectivity index (χ1n) is 8.48. The summed E-state index contributed by atoms with van der Waals surface area (Å²) in [5, 5.41) is 2.63. The number of anilines is 1. The zero-order valence-electron chi connectivity index (χ0n) is 15.4. The molecule has 0 saturated carbocycles. The van der Waals surface area contributed by atoms with Crippen LogP contribution in [-0.2, 0) is 27.4 Å². The van der Waals surface area contributed by atoms with Crippen molar-refractivity contribution in [2.75, 3.05) is 17.1 Å². The Morgan fingerprint density at radius 2 is 1.75 bits per heavy atom. The molecule has 0 radical (unpaired) electrons. The van der Waals surface area contributed by atoms with E-state index >= 15 is 0 Å². The van der Waals surface area contributed by atoms with E-state index in [1.54, 1.807) is 0 Å². The van der Waals surface area contributed by atoms with Gasteiger partial charge in [-0.2, -0.15) is 13.2 Å². The Bertz CT molecular complexity index is 916. The molecule has 0 aliphatic heterocycles. The molecule has 0 heterocycles. The maximum absolute atomic E-state index is 13.0. The van der Waals surface area contributed by atoms with Gasteiger partial charge in [0.1, 0.15) is 6.04 Å². The summed E-state index contributed by atoms with van der Waals surface area (Å²) in [5.74, 6) is -0.598. The molecule has 152 valence electrons. The summed E-state index contributed by atoms with van der Waals surface area (Å²) in [5.41, 5.74) is -0.216. The van der Waals surface area contributed by atoms with Crippen molar-refractivity contribution in [1.29, 1.82) is 0 Å². The lowest BCUT2D eigenvalue weighted by Gasteiger charge is -2.28. The van der Waals surface area contributed by atoms with E-state index < -0.39 is 33.7 Å². The maximum Gasteiger partial charge on any atom is 0.416 e. The zero-order valence-corrected chi connectivity index (χ0v) is 16.2. The van der Waals surface area contributed by atoms with Gasteiger partial charge in [0.25, 0.3) is 0 Å². The molecule has 28 heavy (non-hydrogen) atoms. The van der Waals surface area contributed by atoms with E-state index in [1.165, 1.54) is 13.0 Å². The van der Waals surface area contributed by atoms with Crippen molar-refractivity contribution < 1.29 is 26.4 Å². The van der Waals surface area contributed by atoms with Gasteiger partial charge in [-0.15, -0.1) is 0 Å². The van der Waals surface area contributed by atoms with Crippen molar-refractivity contribution >= 4 is 21.6 Å². The first-order valence-corrected chi connectivity index (χ1v) is 10.3. The van der Waals surface area contributed by atoms with Crippen LogP contribution in [0.1, 0.15) is 18.1 Å². The number of amides is 1. The normalized spacial score (nSPS) is 13.0. The van der Waals surface area contributed by atoms with Gasteiger partial charge in [0.05, 0.1) is 17.5 Å². The van der Waals surface area contributed by atoms with Crippen LogP contribution in [0.25, 0.3) is 0 Å². The van der Waals surface area contributed by atoms with Crippen LogP contribution in [0.2, 0.25) is 0 Å². The standard InChI is InChI=1S/C19H21F3N2O3S/c1-14(18(25)23-12-11-15-7-4-3-5-8-15)24(28(2,26)27)17-10-6-9-16(13-17)19(20,21)22/h3-10,13-14H,11-12H2,1-2H3,(H,23,25)/t14-/m1/s1. The fourth-order valence-corrected chi connectivity index (χ4v) is 3.92. The molecule has 0 spiro atoms. The second-order valence-corrected chi connectivity index (χ2v) is 8.17. The Kier molecular flexibility index (Phi) is 6.71. The lowest BCUT2D eigenvalue weighted by atomic mass is 10.1. The number of carbonyl (C=O) groups excluding carboxylic acids is 1. The van der Waals surface area contributed by atoms with Crippen molar-refractivity contribution in [3.63, 3.8) is 0 Å². The van der Waals surface area contributed by atoms with Gasteiger partial charge >= 0.3 is 6.18 Å². The van der Waals surface area contributed by atoms with Crippen molar-refractivity contribution in [3.8, 4) is 0 Å². The van der Waals surface area contributed by atoms with Gasteiger partial charge in [0.15, 0.2) is 0 Å². The van der Waals surface area contributed by atoms with E-state index in [-0.39, 0.29) is 12.2 Å². The van der Waals surface area contributed by atoms with Crippen molar-refractivity contribution in [3.05, 3.63) is 65.7 Å². The average Bonchev–Trinajstić information content (AvgIpc) is 2.61. The predicted octanol–water partition coefficient (Wildman–Crippen LogP) is 3.22. The maximum atomic E-state index is 13.0. The van der Waals surface area contributed by atoms with E-state index in [2.05, 4.69) is 5.32 Å². The van der Waals surface area contributed by atoms with Crippen LogP contribution in [0.3, 0.4) is 0 Å². The Labute approximate surface area is 162 Å². The van der Waals surface area contributed by atoms with Gasteiger partial charge in [-0.1, -0.05) is 36.4 Å². The van der Waals surface area contributed by atoms with Crippen molar-refractivity contribution in [2.45, 2.75) is 25.6 Å². The highest BCUT2D eigenvalue weighted by atomic mass is 32.2. The number of nitrogens with zero attached hydrogens (tertiary/aromatic N) is 1. The molecule has 2 aromatic carbocycles. The summed E-state index contributed by atoms with van der Waals surface area (Å²) in [4.78, 5) is 12.4. The molecule has 0 saturated heterocycles. The molecular formula is C19H21F3N2O3S. The molecule has 5 nitrogen and oxygen atoms in total. The molecule has 0 unspecified atom stereocenters. The van der Waals surface area contributed by atoms with Gasteiger partial charge in [-0.05, 0) is 37.1 Å². The number of halogens is 3. The second kappa shape index (κ2) is 8.64. The van der Waals surface area contributed by atoms with Gasteiger partial charge in [-0.3, -0.25) is 9.10 Å². The van der Waals surface area contributed by atoms with Gasteiger partial charge in [-0.25, -0.2) is 8.42 Å². The molecular weight excluding hydrogens is 393 g/mol. The molecule has 0 bridgehead atoms. The minimum absolute atomic E-state index is 0.219. The first-order chi connectivity index (χ1) is 13.0. The van der Waals surface area contributed by atoms with Crippen LogP contribution in [0, 0.1) is 0 Å². The number of alkyl halides is 3. The summed E-state index contributed by atoms with van der Waals surface area (Å²) >= 11 is 0. The minimum atomic E-state index is -4.62. The number of carbonyl (C=O) groups is 1. The molecule has 1 amide bonds. The van der Waals surface area contributed by atoms with E-state index in [0.717, 1.165) is 30.0 Å². The summed E-state index contributed by atoms with van der Waals surface area (Å²) in [7, 11) is -4.00. The monoisotopic (exact) mass is 414 g/mol. The SMILES string of the molecule is C[C@H](C(=O)NCCc1ccccc1)N(c1cccc(C(F)(F)F)c1)S(C)(=O)=O. The van der Waals surface area contributed by atoms with Gasteiger partial charge < -0.3 is 5.32 Å². The summed E-state index contributed by atoms with van der Waals surface area (Å²) < 4.78 is 64.0. The molecule has 2 rings (SSSR count). The van der Waals surface area contributed by atoms with E-state index in [0.29, 0.717) is 10.7 Å². The van der Waals surface area contributed by atoms with E-state index in [9.17, 15) is 26.4 Å². The summed E-state index contributed by atoms with van der Waals surface area (Å²) in [6.07, 6.45) is -3.23. The van der Waals surface area contributed by atoms with Crippen LogP contribution in [0.5, 0.6) is 0 Å². The third kappa shape index (κ3) is 5.72. The molecule has 0 fully saturated rings. The first kappa shape index (κ1) is 21.7. The topological polar surface area (TPSA) is 66.5 Å². The number of rotatable bonds is 7. The number of hydrogen-bond donors (Lipinski definition) is 1. The molecule has 0 aliphatic carbocycles. The number of sulfonamides is 1. The smallest absolute Gasteiger partial charge is 0.354 e. The quantitative estimate of drug-likeness (QED) is 0.757. The largest absolute Gasteiger partial charge is 0.416 e. The number of nitrogens with one attached hydrogen (secondary N) is 1. The Balaban J connectivity index is 2.17. The molecule has 1 atom stereocenters.